The molecule has 17 heavy (non-hydrogen) atoms. The van der Waals surface area contributed by atoms with Crippen LogP contribution in [0.3, 0.4) is 0 Å². The van der Waals surface area contributed by atoms with Crippen molar-refractivity contribution in [2.75, 3.05) is 0 Å². The molecule has 0 amide bonds. The predicted octanol–water partition coefficient (Wildman–Crippen LogP) is 4.31. The van der Waals surface area contributed by atoms with E-state index in [2.05, 4.69) is 6.58 Å². The minimum absolute atomic E-state index is 0.261. The summed E-state index contributed by atoms with van der Waals surface area (Å²) >= 11 is 0. The smallest absolute Gasteiger partial charge is 0.306 e. The van der Waals surface area contributed by atoms with Gasteiger partial charge in [0.05, 0.1) is 5.56 Å². The molecule has 90 valence electrons. The molecule has 1 N–H and O–H groups in total. The first-order chi connectivity index (χ1) is 7.84. The zero-order chi connectivity index (χ0) is 13.1. The van der Waals surface area contributed by atoms with Crippen LogP contribution in [0.5, 0.6) is 0 Å². The average molecular weight is 239 g/mol. The summed E-state index contributed by atoms with van der Waals surface area (Å²) in [4.78, 5) is 0. The number of nitrogens with one attached hydrogen (secondary N) is 1. The Morgan fingerprint density at radius 1 is 1.35 bits per heavy atom. The van der Waals surface area contributed by atoms with Crippen LogP contribution >= 0.6 is 0 Å². The highest BCUT2D eigenvalue weighted by Crippen LogP contribution is 2.31. The average Bonchev–Trinajstić information content (AvgIpc) is 2.24. The molecule has 0 unspecified atom stereocenters. The van der Waals surface area contributed by atoms with E-state index in [4.69, 9.17) is 5.41 Å². The topological polar surface area (TPSA) is 23.9 Å². The normalized spacial score (nSPS) is 12.4. The number of allylic oxidation sites excluding steroid dienone is 3. The number of benzene rings is 1. The number of alkyl halides is 3. The lowest BCUT2D eigenvalue weighted by atomic mass is 10.0. The quantitative estimate of drug-likeness (QED) is 0.600. The van der Waals surface area contributed by atoms with Crippen molar-refractivity contribution in [2.45, 2.75) is 13.1 Å². The molecule has 0 aliphatic carbocycles. The zero-order valence-corrected chi connectivity index (χ0v) is 9.31. The highest BCUT2D eigenvalue weighted by atomic mass is 19.4. The second-order valence-corrected chi connectivity index (χ2v) is 3.57. The Labute approximate surface area is 97.8 Å². The minimum Gasteiger partial charge on any atom is -0.306 e. The third-order valence-corrected chi connectivity index (χ3v) is 2.12. The van der Waals surface area contributed by atoms with Gasteiger partial charge < -0.3 is 5.41 Å². The summed E-state index contributed by atoms with van der Waals surface area (Å²) in [6.07, 6.45) is -1.45. The predicted molar refractivity (Wildman–Crippen MR) is 63.0 cm³/mol. The SMILES string of the molecule is C=C/C(=C\C(C)=N)c1cccc(C(F)(F)F)c1. The summed E-state index contributed by atoms with van der Waals surface area (Å²) < 4.78 is 37.5. The Balaban J connectivity index is 3.23. The summed E-state index contributed by atoms with van der Waals surface area (Å²) in [5.41, 5.74) is 0.465. The highest BCUT2D eigenvalue weighted by molar-refractivity contribution is 5.99. The van der Waals surface area contributed by atoms with Crippen LogP contribution in [0.4, 0.5) is 13.2 Å². The summed E-state index contributed by atoms with van der Waals surface area (Å²) in [7, 11) is 0. The standard InChI is InChI=1S/C13H12F3N/c1-3-10(7-9(2)17)11-5-4-6-12(8-11)13(14,15)16/h3-8,17H,1H2,2H3/b10-7+,17-9?. The van der Waals surface area contributed by atoms with Crippen molar-refractivity contribution in [1.82, 2.24) is 0 Å². The minimum atomic E-state index is -4.36. The maximum atomic E-state index is 12.5. The second kappa shape index (κ2) is 4.99. The maximum Gasteiger partial charge on any atom is 0.416 e. The lowest BCUT2D eigenvalue weighted by Crippen LogP contribution is -2.05. The van der Waals surface area contributed by atoms with Gasteiger partial charge in [0.2, 0.25) is 0 Å². The summed E-state index contributed by atoms with van der Waals surface area (Å²) in [6.45, 7) is 5.09. The molecule has 0 fully saturated rings. The van der Waals surface area contributed by atoms with Crippen LogP contribution in [0.25, 0.3) is 5.57 Å². The molecule has 1 aromatic rings. The van der Waals surface area contributed by atoms with Gasteiger partial charge in [-0.3, -0.25) is 0 Å². The van der Waals surface area contributed by atoms with Crippen molar-refractivity contribution >= 4 is 11.3 Å². The number of hydrogen-bond acceptors (Lipinski definition) is 1. The number of hydrogen-bond donors (Lipinski definition) is 1. The molecule has 1 aromatic carbocycles. The molecule has 4 heteroatoms. The third kappa shape index (κ3) is 3.59. The molecule has 1 nitrogen and oxygen atoms in total. The van der Waals surface area contributed by atoms with E-state index in [-0.39, 0.29) is 5.71 Å². The molecule has 0 heterocycles. The summed E-state index contributed by atoms with van der Waals surface area (Å²) in [5.74, 6) is 0. The second-order valence-electron chi connectivity index (χ2n) is 3.57. The van der Waals surface area contributed by atoms with Gasteiger partial charge in [0.25, 0.3) is 0 Å². The Bertz CT molecular complexity index is 470. The van der Waals surface area contributed by atoms with Crippen molar-refractivity contribution in [2.24, 2.45) is 0 Å². The molecule has 0 atom stereocenters. The monoisotopic (exact) mass is 239 g/mol. The largest absolute Gasteiger partial charge is 0.416 e. The van der Waals surface area contributed by atoms with Crippen LogP contribution in [0, 0.1) is 5.41 Å². The third-order valence-electron chi connectivity index (χ3n) is 2.12. The molecular formula is C13H12F3N. The fourth-order valence-electron chi connectivity index (χ4n) is 1.37. The molecular weight excluding hydrogens is 227 g/mol. The van der Waals surface area contributed by atoms with Crippen molar-refractivity contribution in [3.8, 4) is 0 Å². The fraction of sp³-hybridized carbons (Fsp3) is 0.154. The van der Waals surface area contributed by atoms with E-state index in [0.717, 1.165) is 12.1 Å². The molecule has 1 rings (SSSR count). The van der Waals surface area contributed by atoms with Crippen LogP contribution in [0.15, 0.2) is 43.0 Å². The van der Waals surface area contributed by atoms with Gasteiger partial charge in [0, 0.05) is 5.71 Å². The van der Waals surface area contributed by atoms with E-state index in [1.165, 1.54) is 18.2 Å². The van der Waals surface area contributed by atoms with Crippen molar-refractivity contribution in [3.63, 3.8) is 0 Å². The van der Waals surface area contributed by atoms with Gasteiger partial charge in [-0.1, -0.05) is 24.8 Å². The first-order valence-corrected chi connectivity index (χ1v) is 4.91. The Kier molecular flexibility index (Phi) is 3.89. The molecule has 0 spiro atoms. The summed E-state index contributed by atoms with van der Waals surface area (Å²) in [6, 6.07) is 4.97. The van der Waals surface area contributed by atoms with E-state index in [1.54, 1.807) is 13.0 Å². The van der Waals surface area contributed by atoms with Gasteiger partial charge in [-0.25, -0.2) is 0 Å². The van der Waals surface area contributed by atoms with Crippen molar-refractivity contribution in [3.05, 3.63) is 54.1 Å². The van der Waals surface area contributed by atoms with Crippen LogP contribution in [-0.4, -0.2) is 5.71 Å². The zero-order valence-electron chi connectivity index (χ0n) is 9.31. The van der Waals surface area contributed by atoms with E-state index in [9.17, 15) is 13.2 Å². The van der Waals surface area contributed by atoms with Crippen molar-refractivity contribution in [1.29, 1.82) is 5.41 Å². The fourth-order valence-corrected chi connectivity index (χ4v) is 1.37. The Hall–Kier alpha value is -1.84. The van der Waals surface area contributed by atoms with Crippen LogP contribution in [0.2, 0.25) is 0 Å². The van der Waals surface area contributed by atoms with Gasteiger partial charge in [-0.05, 0) is 36.3 Å². The van der Waals surface area contributed by atoms with Gasteiger partial charge in [0.15, 0.2) is 0 Å². The molecule has 0 aliphatic heterocycles. The molecule has 0 aromatic heterocycles. The van der Waals surface area contributed by atoms with Gasteiger partial charge in [0.1, 0.15) is 0 Å². The van der Waals surface area contributed by atoms with E-state index in [0.29, 0.717) is 11.1 Å². The number of rotatable bonds is 3. The molecule has 0 bridgehead atoms. The maximum absolute atomic E-state index is 12.5. The van der Waals surface area contributed by atoms with Gasteiger partial charge in [-0.2, -0.15) is 13.2 Å². The van der Waals surface area contributed by atoms with Crippen LogP contribution in [0.1, 0.15) is 18.1 Å². The molecule has 0 radical (unpaired) electrons. The lowest BCUT2D eigenvalue weighted by Gasteiger charge is -2.09. The first-order valence-electron chi connectivity index (χ1n) is 4.91. The molecule has 0 saturated heterocycles. The molecule has 0 aliphatic rings. The first kappa shape index (κ1) is 13.2. The van der Waals surface area contributed by atoms with Crippen molar-refractivity contribution < 1.29 is 13.2 Å². The summed E-state index contributed by atoms with van der Waals surface area (Å²) in [5, 5.41) is 7.31. The van der Waals surface area contributed by atoms with Gasteiger partial charge >= 0.3 is 6.18 Å². The van der Waals surface area contributed by atoms with E-state index in [1.807, 2.05) is 0 Å². The van der Waals surface area contributed by atoms with Crippen LogP contribution in [-0.2, 0) is 6.18 Å². The Morgan fingerprint density at radius 2 is 2.00 bits per heavy atom. The lowest BCUT2D eigenvalue weighted by molar-refractivity contribution is -0.137. The Morgan fingerprint density at radius 3 is 2.47 bits per heavy atom. The van der Waals surface area contributed by atoms with Gasteiger partial charge in [-0.15, -0.1) is 0 Å². The molecule has 0 saturated carbocycles. The highest BCUT2D eigenvalue weighted by Gasteiger charge is 2.30. The number of halogens is 3. The van der Waals surface area contributed by atoms with Crippen LogP contribution < -0.4 is 0 Å². The van der Waals surface area contributed by atoms with E-state index >= 15 is 0 Å². The van der Waals surface area contributed by atoms with E-state index < -0.39 is 11.7 Å².